The van der Waals surface area contributed by atoms with Crippen LogP contribution in [0.15, 0.2) is 77.6 Å². The van der Waals surface area contributed by atoms with Crippen LogP contribution in [0.3, 0.4) is 0 Å². The predicted octanol–water partition coefficient (Wildman–Crippen LogP) is 4.80. The SMILES string of the molecule is Cc1ccc(Cl)cc1NC(=O)Cn1c(=O)cc(C(=O)N2CCc3ccccc3C2)c2ccccc21. The first kappa shape index (κ1) is 22.9. The number of nitrogens with one attached hydrogen (secondary N) is 1. The molecule has 5 rings (SSSR count). The molecule has 0 saturated heterocycles. The summed E-state index contributed by atoms with van der Waals surface area (Å²) in [6, 6.07) is 21.9. The molecule has 0 atom stereocenters. The van der Waals surface area contributed by atoms with Gasteiger partial charge in [-0.05, 0) is 48.2 Å². The number of aromatic nitrogens is 1. The van der Waals surface area contributed by atoms with E-state index in [2.05, 4.69) is 11.4 Å². The summed E-state index contributed by atoms with van der Waals surface area (Å²) in [5.41, 5.74) is 4.32. The molecule has 6 nitrogen and oxygen atoms in total. The molecule has 1 aliphatic rings. The Morgan fingerprint density at radius 1 is 0.971 bits per heavy atom. The zero-order valence-electron chi connectivity index (χ0n) is 19.3. The Kier molecular flexibility index (Phi) is 6.14. The van der Waals surface area contributed by atoms with Crippen molar-refractivity contribution in [3.8, 4) is 0 Å². The fourth-order valence-electron chi connectivity index (χ4n) is 4.58. The maximum absolute atomic E-state index is 13.5. The van der Waals surface area contributed by atoms with Gasteiger partial charge in [-0.2, -0.15) is 0 Å². The van der Waals surface area contributed by atoms with Crippen LogP contribution in [0.4, 0.5) is 5.69 Å². The molecule has 3 aromatic carbocycles. The number of carbonyl (C=O) groups is 2. The van der Waals surface area contributed by atoms with Gasteiger partial charge >= 0.3 is 0 Å². The molecular weight excluding hydrogens is 462 g/mol. The molecule has 1 N–H and O–H groups in total. The van der Waals surface area contributed by atoms with Gasteiger partial charge in [-0.25, -0.2) is 0 Å². The molecule has 2 amide bonds. The lowest BCUT2D eigenvalue weighted by molar-refractivity contribution is -0.116. The number of halogens is 1. The summed E-state index contributed by atoms with van der Waals surface area (Å²) in [4.78, 5) is 41.3. The summed E-state index contributed by atoms with van der Waals surface area (Å²) in [5.74, 6) is -0.534. The number of amides is 2. The van der Waals surface area contributed by atoms with Crippen molar-refractivity contribution < 1.29 is 9.59 Å². The summed E-state index contributed by atoms with van der Waals surface area (Å²) >= 11 is 6.06. The van der Waals surface area contributed by atoms with Gasteiger partial charge in [-0.15, -0.1) is 0 Å². The fourth-order valence-corrected chi connectivity index (χ4v) is 4.75. The Morgan fingerprint density at radius 3 is 2.54 bits per heavy atom. The van der Waals surface area contributed by atoms with Gasteiger partial charge in [0, 0.05) is 35.3 Å². The molecule has 0 fully saturated rings. The van der Waals surface area contributed by atoms with Crippen LogP contribution in [0.25, 0.3) is 10.9 Å². The highest BCUT2D eigenvalue weighted by Gasteiger charge is 2.24. The minimum absolute atomic E-state index is 0.182. The summed E-state index contributed by atoms with van der Waals surface area (Å²) < 4.78 is 1.40. The molecular formula is C28H24ClN3O3. The number of para-hydroxylation sites is 1. The first-order chi connectivity index (χ1) is 16.9. The van der Waals surface area contributed by atoms with Crippen molar-refractivity contribution in [1.29, 1.82) is 0 Å². The average molecular weight is 486 g/mol. The maximum atomic E-state index is 13.5. The number of aryl methyl sites for hydroxylation is 1. The average Bonchev–Trinajstić information content (AvgIpc) is 2.87. The van der Waals surface area contributed by atoms with Crippen molar-refractivity contribution in [2.45, 2.75) is 26.4 Å². The Balaban J connectivity index is 1.46. The minimum Gasteiger partial charge on any atom is -0.334 e. The highest BCUT2D eigenvalue weighted by atomic mass is 35.5. The molecule has 0 spiro atoms. The van der Waals surface area contributed by atoms with Crippen LogP contribution in [0.2, 0.25) is 5.02 Å². The number of hydrogen-bond donors (Lipinski definition) is 1. The van der Waals surface area contributed by atoms with Crippen molar-refractivity contribution >= 4 is 40.0 Å². The molecule has 0 saturated carbocycles. The lowest BCUT2D eigenvalue weighted by Gasteiger charge is -2.29. The number of rotatable bonds is 4. The largest absolute Gasteiger partial charge is 0.334 e. The zero-order chi connectivity index (χ0) is 24.5. The van der Waals surface area contributed by atoms with E-state index in [1.165, 1.54) is 16.2 Å². The molecule has 0 radical (unpaired) electrons. The first-order valence-electron chi connectivity index (χ1n) is 11.5. The summed E-state index contributed by atoms with van der Waals surface area (Å²) in [7, 11) is 0. The second-order valence-electron chi connectivity index (χ2n) is 8.75. The Morgan fingerprint density at radius 2 is 1.71 bits per heavy atom. The number of anilines is 1. The maximum Gasteiger partial charge on any atom is 0.255 e. The van der Waals surface area contributed by atoms with Gasteiger partial charge < -0.3 is 10.2 Å². The van der Waals surface area contributed by atoms with Gasteiger partial charge in [0.15, 0.2) is 0 Å². The Labute approximate surface area is 207 Å². The van der Waals surface area contributed by atoms with Crippen LogP contribution in [-0.2, 0) is 24.3 Å². The van der Waals surface area contributed by atoms with E-state index in [0.717, 1.165) is 17.5 Å². The topological polar surface area (TPSA) is 71.4 Å². The van der Waals surface area contributed by atoms with Gasteiger partial charge in [-0.1, -0.05) is 60.1 Å². The van der Waals surface area contributed by atoms with Gasteiger partial charge in [0.05, 0.1) is 11.1 Å². The molecule has 176 valence electrons. The quantitative estimate of drug-likeness (QED) is 0.451. The van der Waals surface area contributed by atoms with Gasteiger partial charge in [-0.3, -0.25) is 19.0 Å². The third-order valence-electron chi connectivity index (χ3n) is 6.44. The number of pyridine rings is 1. The molecule has 0 unspecified atom stereocenters. The van der Waals surface area contributed by atoms with E-state index in [-0.39, 0.29) is 18.4 Å². The Bertz CT molecular complexity index is 1530. The van der Waals surface area contributed by atoms with Gasteiger partial charge in [0.25, 0.3) is 11.5 Å². The van der Waals surface area contributed by atoms with Crippen LogP contribution in [0, 0.1) is 6.92 Å². The second-order valence-corrected chi connectivity index (χ2v) is 9.19. The fraction of sp³-hybridized carbons (Fsp3) is 0.179. The molecule has 1 aliphatic heterocycles. The molecule has 1 aromatic heterocycles. The van der Waals surface area contributed by atoms with E-state index in [0.29, 0.717) is 40.3 Å². The van der Waals surface area contributed by atoms with Crippen LogP contribution < -0.4 is 10.9 Å². The van der Waals surface area contributed by atoms with Crippen LogP contribution in [0.1, 0.15) is 27.0 Å². The molecule has 2 heterocycles. The smallest absolute Gasteiger partial charge is 0.255 e. The standard InChI is InChI=1S/C28H24ClN3O3/c1-18-10-11-21(29)14-24(18)30-26(33)17-32-25-9-5-4-8-22(25)23(15-27(32)34)28(35)31-13-12-19-6-2-3-7-20(19)16-31/h2-11,14-15H,12-13,16-17H2,1H3,(H,30,33). The highest BCUT2D eigenvalue weighted by Crippen LogP contribution is 2.24. The molecule has 35 heavy (non-hydrogen) atoms. The number of benzene rings is 3. The molecule has 7 heteroatoms. The number of nitrogens with zero attached hydrogens (tertiary/aromatic N) is 2. The summed E-state index contributed by atoms with van der Waals surface area (Å²) in [5, 5.41) is 3.98. The van der Waals surface area contributed by atoms with E-state index in [4.69, 9.17) is 11.6 Å². The third kappa shape index (κ3) is 4.57. The van der Waals surface area contributed by atoms with E-state index in [1.807, 2.05) is 43.3 Å². The number of carbonyl (C=O) groups excluding carboxylic acids is 2. The summed E-state index contributed by atoms with van der Waals surface area (Å²) in [6.45, 7) is 2.78. The van der Waals surface area contributed by atoms with Gasteiger partial charge in [0.1, 0.15) is 6.54 Å². The zero-order valence-corrected chi connectivity index (χ0v) is 20.0. The third-order valence-corrected chi connectivity index (χ3v) is 6.68. The van der Waals surface area contributed by atoms with Crippen LogP contribution >= 0.6 is 11.6 Å². The monoisotopic (exact) mass is 485 g/mol. The van der Waals surface area contributed by atoms with Crippen LogP contribution in [-0.4, -0.2) is 27.8 Å². The van der Waals surface area contributed by atoms with Gasteiger partial charge in [0.2, 0.25) is 5.91 Å². The number of fused-ring (bicyclic) bond motifs is 2. The van der Waals surface area contributed by atoms with Crippen molar-refractivity contribution in [1.82, 2.24) is 9.47 Å². The van der Waals surface area contributed by atoms with Crippen LogP contribution in [0.5, 0.6) is 0 Å². The van der Waals surface area contributed by atoms with E-state index in [9.17, 15) is 14.4 Å². The van der Waals surface area contributed by atoms with E-state index < -0.39 is 5.56 Å². The van der Waals surface area contributed by atoms with Crippen molar-refractivity contribution in [2.24, 2.45) is 0 Å². The highest BCUT2D eigenvalue weighted by molar-refractivity contribution is 6.31. The molecule has 0 aliphatic carbocycles. The summed E-state index contributed by atoms with van der Waals surface area (Å²) in [6.07, 6.45) is 0.778. The predicted molar refractivity (Wildman–Crippen MR) is 138 cm³/mol. The van der Waals surface area contributed by atoms with Crippen molar-refractivity contribution in [3.63, 3.8) is 0 Å². The molecule has 4 aromatic rings. The lowest BCUT2D eigenvalue weighted by atomic mass is 9.98. The normalized spacial score (nSPS) is 12.9. The van der Waals surface area contributed by atoms with Crippen molar-refractivity contribution in [2.75, 3.05) is 11.9 Å². The van der Waals surface area contributed by atoms with Crippen molar-refractivity contribution in [3.05, 3.63) is 110 Å². The Hall–Kier alpha value is -3.90. The lowest BCUT2D eigenvalue weighted by Crippen LogP contribution is -2.37. The number of hydrogen-bond acceptors (Lipinski definition) is 3. The minimum atomic E-state index is -0.401. The van der Waals surface area contributed by atoms with E-state index in [1.54, 1.807) is 29.2 Å². The first-order valence-corrected chi connectivity index (χ1v) is 11.8. The molecule has 0 bridgehead atoms. The van der Waals surface area contributed by atoms with E-state index >= 15 is 0 Å². The second kappa shape index (κ2) is 9.39.